The molecule has 4 heteroatoms. The number of hydrogen-bond acceptors (Lipinski definition) is 3. The Morgan fingerprint density at radius 3 is 2.85 bits per heavy atom. The van der Waals surface area contributed by atoms with E-state index >= 15 is 0 Å². The third kappa shape index (κ3) is 2.50. The van der Waals surface area contributed by atoms with Crippen LogP contribution in [-0.2, 0) is 11.2 Å². The quantitative estimate of drug-likeness (QED) is 0.897. The van der Waals surface area contributed by atoms with Gasteiger partial charge < -0.3 is 10.6 Å². The zero-order valence-electron chi connectivity index (χ0n) is 11.3. The molecule has 1 aliphatic heterocycles. The van der Waals surface area contributed by atoms with E-state index in [-0.39, 0.29) is 18.0 Å². The monoisotopic (exact) mass is 267 g/mol. The Morgan fingerprint density at radius 1 is 1.30 bits per heavy atom. The van der Waals surface area contributed by atoms with Crippen molar-refractivity contribution in [3.8, 4) is 0 Å². The number of fused-ring (bicyclic) bond motifs is 1. The van der Waals surface area contributed by atoms with E-state index in [1.165, 1.54) is 5.56 Å². The van der Waals surface area contributed by atoms with E-state index in [0.717, 1.165) is 17.8 Å². The molecule has 1 amide bonds. The maximum absolute atomic E-state index is 12.3. The molecule has 0 saturated carbocycles. The summed E-state index contributed by atoms with van der Waals surface area (Å²) in [5.74, 6) is 0.0133. The number of benzene rings is 1. The van der Waals surface area contributed by atoms with Crippen molar-refractivity contribution in [1.82, 2.24) is 10.3 Å². The van der Waals surface area contributed by atoms with E-state index in [1.54, 1.807) is 6.20 Å². The van der Waals surface area contributed by atoms with Crippen LogP contribution in [-0.4, -0.2) is 16.9 Å². The van der Waals surface area contributed by atoms with Gasteiger partial charge in [-0.1, -0.05) is 24.3 Å². The van der Waals surface area contributed by atoms with Crippen molar-refractivity contribution in [3.05, 3.63) is 59.9 Å². The summed E-state index contributed by atoms with van der Waals surface area (Å²) in [6.07, 6.45) is 2.47. The lowest BCUT2D eigenvalue weighted by Gasteiger charge is -2.17. The van der Waals surface area contributed by atoms with Crippen molar-refractivity contribution < 1.29 is 4.79 Å². The second-order valence-corrected chi connectivity index (χ2v) is 5.04. The Labute approximate surface area is 118 Å². The maximum atomic E-state index is 12.3. The second kappa shape index (κ2) is 5.33. The van der Waals surface area contributed by atoms with Gasteiger partial charge in [-0.15, -0.1) is 0 Å². The van der Waals surface area contributed by atoms with Gasteiger partial charge in [0.05, 0.1) is 11.7 Å². The fourth-order valence-corrected chi connectivity index (χ4v) is 2.48. The number of nitrogens with one attached hydrogen (secondary N) is 2. The van der Waals surface area contributed by atoms with Crippen LogP contribution in [0.25, 0.3) is 0 Å². The fraction of sp³-hybridized carbons (Fsp3) is 0.250. The SMILES string of the molecule is CC(NC(=O)[C@@H]1Cc2ccccc2N1)c1ccccn1. The second-order valence-electron chi connectivity index (χ2n) is 5.04. The zero-order valence-corrected chi connectivity index (χ0v) is 11.3. The van der Waals surface area contributed by atoms with Crippen LogP contribution in [0.4, 0.5) is 5.69 Å². The molecule has 1 aromatic heterocycles. The highest BCUT2D eigenvalue weighted by Crippen LogP contribution is 2.25. The molecule has 0 aliphatic carbocycles. The van der Waals surface area contributed by atoms with Crippen LogP contribution in [0, 0.1) is 0 Å². The van der Waals surface area contributed by atoms with E-state index in [4.69, 9.17) is 0 Å². The average Bonchev–Trinajstić information content (AvgIpc) is 2.92. The molecule has 20 heavy (non-hydrogen) atoms. The van der Waals surface area contributed by atoms with Gasteiger partial charge >= 0.3 is 0 Å². The molecule has 1 aliphatic rings. The van der Waals surface area contributed by atoms with E-state index in [0.29, 0.717) is 0 Å². The molecule has 4 nitrogen and oxygen atoms in total. The molecule has 0 fully saturated rings. The summed E-state index contributed by atoms with van der Waals surface area (Å²) >= 11 is 0. The maximum Gasteiger partial charge on any atom is 0.243 e. The van der Waals surface area contributed by atoms with E-state index in [9.17, 15) is 4.79 Å². The molecule has 0 saturated heterocycles. The molecule has 102 valence electrons. The van der Waals surface area contributed by atoms with Crippen LogP contribution >= 0.6 is 0 Å². The number of amides is 1. The molecular formula is C16H17N3O. The van der Waals surface area contributed by atoms with Crippen molar-refractivity contribution in [2.75, 3.05) is 5.32 Å². The lowest BCUT2D eigenvalue weighted by Crippen LogP contribution is -2.39. The minimum Gasteiger partial charge on any atom is -0.373 e. The first-order chi connectivity index (χ1) is 9.74. The fourth-order valence-electron chi connectivity index (χ4n) is 2.48. The van der Waals surface area contributed by atoms with Crippen molar-refractivity contribution in [2.24, 2.45) is 0 Å². The van der Waals surface area contributed by atoms with Gasteiger partial charge in [0.2, 0.25) is 5.91 Å². The summed E-state index contributed by atoms with van der Waals surface area (Å²) in [6.45, 7) is 1.95. The van der Waals surface area contributed by atoms with Gasteiger partial charge in [0, 0.05) is 18.3 Å². The molecule has 0 radical (unpaired) electrons. The largest absolute Gasteiger partial charge is 0.373 e. The highest BCUT2D eigenvalue weighted by molar-refractivity contribution is 5.87. The minimum absolute atomic E-state index is 0.0133. The first-order valence-electron chi connectivity index (χ1n) is 6.80. The van der Waals surface area contributed by atoms with Gasteiger partial charge in [-0.05, 0) is 30.7 Å². The summed E-state index contributed by atoms with van der Waals surface area (Å²) in [5.41, 5.74) is 3.12. The highest BCUT2D eigenvalue weighted by Gasteiger charge is 2.27. The van der Waals surface area contributed by atoms with Crippen molar-refractivity contribution in [1.29, 1.82) is 0 Å². The third-order valence-corrected chi connectivity index (χ3v) is 3.58. The highest BCUT2D eigenvalue weighted by atomic mass is 16.2. The Balaban J connectivity index is 1.64. The average molecular weight is 267 g/mol. The Morgan fingerprint density at radius 2 is 2.10 bits per heavy atom. The number of carbonyl (C=O) groups excluding carboxylic acids is 1. The first kappa shape index (κ1) is 12.7. The van der Waals surface area contributed by atoms with Gasteiger partial charge in [0.1, 0.15) is 6.04 Å². The van der Waals surface area contributed by atoms with Gasteiger partial charge in [0.15, 0.2) is 0 Å². The molecular weight excluding hydrogens is 250 g/mol. The van der Waals surface area contributed by atoms with Crippen LogP contribution in [0.1, 0.15) is 24.2 Å². The third-order valence-electron chi connectivity index (χ3n) is 3.58. The number of rotatable bonds is 3. The smallest absolute Gasteiger partial charge is 0.243 e. The first-order valence-corrected chi connectivity index (χ1v) is 6.80. The minimum atomic E-state index is -0.196. The number of carbonyl (C=O) groups is 1. The molecule has 1 aromatic carbocycles. The van der Waals surface area contributed by atoms with Crippen LogP contribution in [0.3, 0.4) is 0 Å². The normalized spacial score (nSPS) is 17.9. The summed E-state index contributed by atoms with van der Waals surface area (Å²) in [6, 6.07) is 13.5. The summed E-state index contributed by atoms with van der Waals surface area (Å²) < 4.78 is 0. The van der Waals surface area contributed by atoms with E-state index in [1.807, 2.05) is 43.3 Å². The lowest BCUT2D eigenvalue weighted by atomic mass is 10.1. The lowest BCUT2D eigenvalue weighted by molar-refractivity contribution is -0.122. The van der Waals surface area contributed by atoms with Crippen molar-refractivity contribution in [3.63, 3.8) is 0 Å². The van der Waals surface area contributed by atoms with E-state index < -0.39 is 0 Å². The summed E-state index contributed by atoms with van der Waals surface area (Å²) in [7, 11) is 0. The molecule has 2 N–H and O–H groups in total. The Hall–Kier alpha value is -2.36. The molecule has 2 heterocycles. The predicted molar refractivity (Wildman–Crippen MR) is 78.4 cm³/mol. The number of pyridine rings is 1. The molecule has 1 unspecified atom stereocenters. The number of anilines is 1. The molecule has 0 spiro atoms. The van der Waals surface area contributed by atoms with E-state index in [2.05, 4.69) is 21.7 Å². The number of hydrogen-bond donors (Lipinski definition) is 2. The summed E-state index contributed by atoms with van der Waals surface area (Å²) in [5, 5.41) is 6.27. The molecule has 2 atom stereocenters. The molecule has 2 aromatic rings. The molecule has 3 rings (SSSR count). The van der Waals surface area contributed by atoms with Crippen molar-refractivity contribution >= 4 is 11.6 Å². The van der Waals surface area contributed by atoms with Crippen LogP contribution < -0.4 is 10.6 Å². The van der Waals surface area contributed by atoms with Gasteiger partial charge in [-0.25, -0.2) is 0 Å². The van der Waals surface area contributed by atoms with Crippen LogP contribution in [0.2, 0.25) is 0 Å². The van der Waals surface area contributed by atoms with Crippen LogP contribution in [0.15, 0.2) is 48.7 Å². The van der Waals surface area contributed by atoms with Gasteiger partial charge in [-0.3, -0.25) is 9.78 Å². The number of para-hydroxylation sites is 1. The van der Waals surface area contributed by atoms with Gasteiger partial charge in [-0.2, -0.15) is 0 Å². The van der Waals surface area contributed by atoms with Crippen LogP contribution in [0.5, 0.6) is 0 Å². The summed E-state index contributed by atoms with van der Waals surface area (Å²) in [4.78, 5) is 16.6. The van der Waals surface area contributed by atoms with Gasteiger partial charge in [0.25, 0.3) is 0 Å². The topological polar surface area (TPSA) is 54.0 Å². The molecule has 0 bridgehead atoms. The number of nitrogens with zero attached hydrogens (tertiary/aromatic N) is 1. The number of aromatic nitrogens is 1. The van der Waals surface area contributed by atoms with Crippen molar-refractivity contribution in [2.45, 2.75) is 25.4 Å². The predicted octanol–water partition coefficient (Wildman–Crippen LogP) is 2.30. The Kier molecular flexibility index (Phi) is 3.37. The standard InChI is InChI=1S/C16H17N3O/c1-11(13-7-4-5-9-17-13)18-16(20)15-10-12-6-2-3-8-14(12)19-15/h2-9,11,15,19H,10H2,1H3,(H,18,20)/t11?,15-/m0/s1. The Bertz CT molecular complexity index is 587. The zero-order chi connectivity index (χ0) is 13.9.